The van der Waals surface area contributed by atoms with Gasteiger partial charge in [-0.2, -0.15) is 11.8 Å². The van der Waals surface area contributed by atoms with Crippen LogP contribution in [-0.4, -0.2) is 21.6 Å². The minimum Gasteiger partial charge on any atom is -0.337 e. The average Bonchev–Trinajstić information content (AvgIpc) is 2.57. The zero-order valence-electron chi connectivity index (χ0n) is 7.57. The zero-order chi connectivity index (χ0) is 8.65. The van der Waals surface area contributed by atoms with E-state index in [2.05, 4.69) is 15.8 Å². The van der Waals surface area contributed by atoms with Crippen molar-refractivity contribution in [2.45, 2.75) is 25.8 Å². The molecule has 0 aromatic carbocycles. The SMILES string of the molecule is CSCCCCCn1ccnc1. The molecule has 68 valence electrons. The number of unbranched alkanes of at least 4 members (excludes halogenated alkanes) is 2. The molecule has 0 radical (unpaired) electrons. The first kappa shape index (κ1) is 9.65. The lowest BCUT2D eigenvalue weighted by molar-refractivity contribution is 0.604. The lowest BCUT2D eigenvalue weighted by atomic mass is 10.2. The van der Waals surface area contributed by atoms with Gasteiger partial charge in [-0.15, -0.1) is 0 Å². The Labute approximate surface area is 78.4 Å². The number of nitrogens with zero attached hydrogens (tertiary/aromatic N) is 2. The van der Waals surface area contributed by atoms with E-state index in [1.165, 1.54) is 25.0 Å². The van der Waals surface area contributed by atoms with Crippen molar-refractivity contribution >= 4 is 11.8 Å². The van der Waals surface area contributed by atoms with Crippen LogP contribution in [0.4, 0.5) is 0 Å². The third-order valence-electron chi connectivity index (χ3n) is 1.82. The van der Waals surface area contributed by atoms with Crippen LogP contribution in [0.5, 0.6) is 0 Å². The topological polar surface area (TPSA) is 17.8 Å². The van der Waals surface area contributed by atoms with Crippen LogP contribution in [0.1, 0.15) is 19.3 Å². The highest BCUT2D eigenvalue weighted by Crippen LogP contribution is 2.03. The van der Waals surface area contributed by atoms with Gasteiger partial charge in [0.1, 0.15) is 0 Å². The van der Waals surface area contributed by atoms with Crippen molar-refractivity contribution in [2.75, 3.05) is 12.0 Å². The van der Waals surface area contributed by atoms with Gasteiger partial charge in [-0.3, -0.25) is 0 Å². The highest BCUT2D eigenvalue weighted by atomic mass is 32.2. The maximum Gasteiger partial charge on any atom is 0.0945 e. The van der Waals surface area contributed by atoms with Gasteiger partial charge in [0, 0.05) is 18.9 Å². The molecule has 12 heavy (non-hydrogen) atoms. The highest BCUT2D eigenvalue weighted by molar-refractivity contribution is 7.98. The second-order valence-corrected chi connectivity index (χ2v) is 3.84. The fourth-order valence-electron chi connectivity index (χ4n) is 1.14. The zero-order valence-corrected chi connectivity index (χ0v) is 8.39. The predicted molar refractivity (Wildman–Crippen MR) is 54.5 cm³/mol. The predicted octanol–water partition coefficient (Wildman–Crippen LogP) is 2.42. The smallest absolute Gasteiger partial charge is 0.0945 e. The molecule has 1 rings (SSSR count). The molecule has 1 heterocycles. The number of imidazole rings is 1. The Morgan fingerprint density at radius 2 is 2.25 bits per heavy atom. The molecule has 0 N–H and O–H groups in total. The molecular weight excluding hydrogens is 168 g/mol. The Morgan fingerprint density at radius 1 is 1.33 bits per heavy atom. The van der Waals surface area contributed by atoms with E-state index in [1.54, 1.807) is 0 Å². The van der Waals surface area contributed by atoms with Crippen LogP contribution in [0.25, 0.3) is 0 Å². The molecule has 0 atom stereocenters. The Hall–Kier alpha value is -0.440. The lowest BCUT2D eigenvalue weighted by Gasteiger charge is -2.00. The van der Waals surface area contributed by atoms with Crippen LogP contribution in [0.3, 0.4) is 0 Å². The molecule has 1 aromatic heterocycles. The first-order valence-electron chi connectivity index (χ1n) is 4.38. The van der Waals surface area contributed by atoms with Gasteiger partial charge < -0.3 is 4.57 Å². The number of aromatic nitrogens is 2. The summed E-state index contributed by atoms with van der Waals surface area (Å²) in [6, 6.07) is 0. The van der Waals surface area contributed by atoms with Crippen LogP contribution in [0.2, 0.25) is 0 Å². The maximum absolute atomic E-state index is 4.00. The van der Waals surface area contributed by atoms with E-state index in [0.29, 0.717) is 0 Å². The average molecular weight is 184 g/mol. The quantitative estimate of drug-likeness (QED) is 0.632. The summed E-state index contributed by atoms with van der Waals surface area (Å²) in [6.45, 7) is 1.12. The van der Waals surface area contributed by atoms with Crippen LogP contribution < -0.4 is 0 Å². The van der Waals surface area contributed by atoms with Crippen LogP contribution in [0, 0.1) is 0 Å². The normalized spacial score (nSPS) is 10.4. The molecule has 0 amide bonds. The van der Waals surface area contributed by atoms with Crippen LogP contribution in [-0.2, 0) is 6.54 Å². The lowest BCUT2D eigenvalue weighted by Crippen LogP contribution is -1.94. The summed E-state index contributed by atoms with van der Waals surface area (Å²) < 4.78 is 2.14. The van der Waals surface area contributed by atoms with E-state index in [1.807, 2.05) is 30.5 Å². The molecule has 0 spiro atoms. The van der Waals surface area contributed by atoms with Gasteiger partial charge in [0.25, 0.3) is 0 Å². The number of thioether (sulfide) groups is 1. The number of hydrogen-bond donors (Lipinski definition) is 0. The van der Waals surface area contributed by atoms with Crippen molar-refractivity contribution in [1.82, 2.24) is 9.55 Å². The summed E-state index contributed by atoms with van der Waals surface area (Å²) in [5.74, 6) is 1.30. The molecule has 3 heteroatoms. The van der Waals surface area contributed by atoms with Crippen molar-refractivity contribution in [3.05, 3.63) is 18.7 Å². The second kappa shape index (κ2) is 6.12. The molecule has 0 saturated carbocycles. The fraction of sp³-hybridized carbons (Fsp3) is 0.667. The molecule has 1 aromatic rings. The van der Waals surface area contributed by atoms with Crippen molar-refractivity contribution in [1.29, 1.82) is 0 Å². The number of aryl methyl sites for hydroxylation is 1. The van der Waals surface area contributed by atoms with Crippen molar-refractivity contribution in [3.63, 3.8) is 0 Å². The second-order valence-electron chi connectivity index (χ2n) is 2.85. The number of hydrogen-bond acceptors (Lipinski definition) is 2. The van der Waals surface area contributed by atoms with Crippen LogP contribution >= 0.6 is 11.8 Å². The molecule has 0 saturated heterocycles. The van der Waals surface area contributed by atoms with E-state index in [9.17, 15) is 0 Å². The largest absolute Gasteiger partial charge is 0.337 e. The van der Waals surface area contributed by atoms with E-state index in [4.69, 9.17) is 0 Å². The summed E-state index contributed by atoms with van der Waals surface area (Å²) in [5, 5.41) is 0. The van der Waals surface area contributed by atoms with Gasteiger partial charge in [0.2, 0.25) is 0 Å². The molecule has 0 aliphatic heterocycles. The molecule has 0 unspecified atom stereocenters. The van der Waals surface area contributed by atoms with Gasteiger partial charge in [-0.1, -0.05) is 6.42 Å². The highest BCUT2D eigenvalue weighted by Gasteiger charge is 1.90. The Kier molecular flexibility index (Phi) is 4.92. The maximum atomic E-state index is 4.00. The van der Waals surface area contributed by atoms with E-state index < -0.39 is 0 Å². The van der Waals surface area contributed by atoms with E-state index >= 15 is 0 Å². The third kappa shape index (κ3) is 3.81. The Balaban J connectivity index is 1.96. The molecule has 0 aliphatic rings. The first-order valence-corrected chi connectivity index (χ1v) is 5.77. The first-order chi connectivity index (χ1) is 5.93. The Bertz CT molecular complexity index is 184. The summed E-state index contributed by atoms with van der Waals surface area (Å²) in [5.41, 5.74) is 0. The summed E-state index contributed by atoms with van der Waals surface area (Å²) in [6.07, 6.45) is 11.9. The van der Waals surface area contributed by atoms with Gasteiger partial charge in [-0.25, -0.2) is 4.98 Å². The van der Waals surface area contributed by atoms with Gasteiger partial charge in [0.15, 0.2) is 0 Å². The third-order valence-corrected chi connectivity index (χ3v) is 2.52. The van der Waals surface area contributed by atoms with Crippen LogP contribution in [0.15, 0.2) is 18.7 Å². The monoisotopic (exact) mass is 184 g/mol. The standard InChI is InChI=1S/C9H16N2S/c1-12-8-4-2-3-6-11-7-5-10-9-11/h5,7,9H,2-4,6,8H2,1H3. The minimum atomic E-state index is 1.12. The summed E-state index contributed by atoms with van der Waals surface area (Å²) in [4.78, 5) is 4.00. The van der Waals surface area contributed by atoms with Crippen molar-refractivity contribution in [3.8, 4) is 0 Å². The summed E-state index contributed by atoms with van der Waals surface area (Å²) >= 11 is 1.93. The molecule has 0 fully saturated rings. The van der Waals surface area contributed by atoms with Gasteiger partial charge >= 0.3 is 0 Å². The molecule has 0 aliphatic carbocycles. The molecular formula is C9H16N2S. The fourth-order valence-corrected chi connectivity index (χ4v) is 1.63. The van der Waals surface area contributed by atoms with E-state index in [-0.39, 0.29) is 0 Å². The van der Waals surface area contributed by atoms with Gasteiger partial charge in [0.05, 0.1) is 6.33 Å². The Morgan fingerprint density at radius 3 is 2.92 bits per heavy atom. The van der Waals surface area contributed by atoms with Gasteiger partial charge in [-0.05, 0) is 24.9 Å². The van der Waals surface area contributed by atoms with Crippen molar-refractivity contribution < 1.29 is 0 Å². The van der Waals surface area contributed by atoms with Crippen molar-refractivity contribution in [2.24, 2.45) is 0 Å². The molecule has 0 bridgehead atoms. The summed E-state index contributed by atoms with van der Waals surface area (Å²) in [7, 11) is 0. The molecule has 2 nitrogen and oxygen atoms in total. The number of rotatable bonds is 6. The van der Waals surface area contributed by atoms with E-state index in [0.717, 1.165) is 6.54 Å². The minimum absolute atomic E-state index is 1.12.